The van der Waals surface area contributed by atoms with Gasteiger partial charge in [-0.1, -0.05) is 0 Å². The Hall–Kier alpha value is -4.03. The second kappa shape index (κ2) is 10.9. The third kappa shape index (κ3) is 5.63. The van der Waals surface area contributed by atoms with Gasteiger partial charge in [-0.15, -0.1) is 0 Å². The second-order valence-electron chi connectivity index (χ2n) is 8.91. The van der Waals surface area contributed by atoms with Crippen LogP contribution in [0.1, 0.15) is 30.2 Å². The van der Waals surface area contributed by atoms with Crippen LogP contribution in [0.3, 0.4) is 0 Å². The lowest BCUT2D eigenvalue weighted by Crippen LogP contribution is -2.48. The summed E-state index contributed by atoms with van der Waals surface area (Å²) in [5.41, 5.74) is -2.43. The Morgan fingerprint density at radius 3 is 2.45 bits per heavy atom. The highest BCUT2D eigenvalue weighted by Crippen LogP contribution is 2.34. The number of amides is 1. The number of aromatic nitrogens is 2. The standard InChI is InChI=1S/C25H19F6N5O3S/c1-13-19(27)8-22(36(13)40(38,39)18-4-2-17(26)3-5-18)24(37)35-10-15-7-21(33-12-20(15)28)16-6-14(9-32)23(34-11-16)25(29,30)31/h2-7,11-13,19,22H,8,10H2,1H3,(H,35,37). The second-order valence-corrected chi connectivity index (χ2v) is 10.7. The highest BCUT2D eigenvalue weighted by molar-refractivity contribution is 7.89. The van der Waals surface area contributed by atoms with E-state index in [1.54, 1.807) is 0 Å². The summed E-state index contributed by atoms with van der Waals surface area (Å²) in [5.74, 6) is -2.53. The zero-order chi connectivity index (χ0) is 29.4. The van der Waals surface area contributed by atoms with Crippen LogP contribution in [0.15, 0.2) is 53.7 Å². The number of halogens is 6. The van der Waals surface area contributed by atoms with Gasteiger partial charge in [0, 0.05) is 30.3 Å². The zero-order valence-electron chi connectivity index (χ0n) is 20.5. The number of alkyl halides is 4. The summed E-state index contributed by atoms with van der Waals surface area (Å²) >= 11 is 0. The highest BCUT2D eigenvalue weighted by Gasteiger charge is 2.49. The number of carbonyl (C=O) groups excluding carboxylic acids is 1. The van der Waals surface area contributed by atoms with Gasteiger partial charge in [-0.3, -0.25) is 9.78 Å². The Balaban J connectivity index is 1.57. The third-order valence-electron chi connectivity index (χ3n) is 6.33. The molecule has 15 heteroatoms. The molecule has 0 saturated carbocycles. The van der Waals surface area contributed by atoms with Gasteiger partial charge >= 0.3 is 6.18 Å². The molecule has 3 aromatic rings. The van der Waals surface area contributed by atoms with Crippen molar-refractivity contribution < 1.29 is 39.6 Å². The molecule has 1 aliphatic heterocycles. The van der Waals surface area contributed by atoms with E-state index in [1.165, 1.54) is 13.0 Å². The van der Waals surface area contributed by atoms with Crippen LogP contribution >= 0.6 is 0 Å². The van der Waals surface area contributed by atoms with E-state index in [9.17, 15) is 39.6 Å². The summed E-state index contributed by atoms with van der Waals surface area (Å²) in [5, 5.41) is 11.5. The molecule has 0 spiro atoms. The van der Waals surface area contributed by atoms with Gasteiger partial charge in [0.05, 0.1) is 28.4 Å². The molecule has 0 bridgehead atoms. The van der Waals surface area contributed by atoms with Crippen LogP contribution in [0.4, 0.5) is 26.3 Å². The minimum atomic E-state index is -4.87. The van der Waals surface area contributed by atoms with Gasteiger partial charge in [-0.05, 0) is 43.3 Å². The minimum Gasteiger partial charge on any atom is -0.351 e. The van der Waals surface area contributed by atoms with Gasteiger partial charge in [-0.25, -0.2) is 26.6 Å². The molecule has 1 amide bonds. The Morgan fingerprint density at radius 1 is 1.15 bits per heavy atom. The summed E-state index contributed by atoms with van der Waals surface area (Å²) in [7, 11) is -4.42. The average Bonchev–Trinajstić information content (AvgIpc) is 3.22. The first-order valence-corrected chi connectivity index (χ1v) is 13.0. The van der Waals surface area contributed by atoms with Crippen LogP contribution in [0.2, 0.25) is 0 Å². The predicted octanol–water partition coefficient (Wildman–Crippen LogP) is 4.12. The molecule has 3 unspecified atom stereocenters. The van der Waals surface area contributed by atoms with Gasteiger partial charge in [0.1, 0.15) is 29.9 Å². The van der Waals surface area contributed by atoms with E-state index >= 15 is 0 Å². The average molecular weight is 584 g/mol. The highest BCUT2D eigenvalue weighted by atomic mass is 32.2. The number of hydrogen-bond donors (Lipinski definition) is 1. The van der Waals surface area contributed by atoms with E-state index in [-0.39, 0.29) is 21.7 Å². The fourth-order valence-corrected chi connectivity index (χ4v) is 6.09. The number of rotatable bonds is 6. The zero-order valence-corrected chi connectivity index (χ0v) is 21.3. The van der Waals surface area contributed by atoms with E-state index in [4.69, 9.17) is 5.26 Å². The summed E-state index contributed by atoms with van der Waals surface area (Å²) in [6.07, 6.45) is -5.49. The lowest BCUT2D eigenvalue weighted by molar-refractivity contribution is -0.141. The first-order valence-electron chi connectivity index (χ1n) is 11.6. The fraction of sp³-hybridized carbons (Fsp3) is 0.280. The number of pyridine rings is 2. The van der Waals surface area contributed by atoms with Crippen LogP contribution in [-0.2, 0) is 27.5 Å². The summed E-state index contributed by atoms with van der Waals surface area (Å²) in [4.78, 5) is 19.7. The summed E-state index contributed by atoms with van der Waals surface area (Å²) in [6, 6.07) is 4.47. The maximum Gasteiger partial charge on any atom is 0.434 e. The number of carbonyl (C=O) groups is 1. The SMILES string of the molecule is CC1C(F)CC(C(=O)NCc2cc(-c3cnc(C(F)(F)F)c(C#N)c3)ncc2F)N1S(=O)(=O)c1ccc(F)cc1. The van der Waals surface area contributed by atoms with Crippen LogP contribution in [0, 0.1) is 23.0 Å². The van der Waals surface area contributed by atoms with Crippen molar-refractivity contribution in [3.8, 4) is 17.3 Å². The van der Waals surface area contributed by atoms with Crippen molar-refractivity contribution in [2.75, 3.05) is 0 Å². The number of benzene rings is 1. The normalized spacial score (nSPS) is 19.8. The number of nitriles is 1. The molecule has 8 nitrogen and oxygen atoms in total. The molecule has 1 N–H and O–H groups in total. The quantitative estimate of drug-likeness (QED) is 0.437. The van der Waals surface area contributed by atoms with Crippen molar-refractivity contribution in [1.82, 2.24) is 19.6 Å². The van der Waals surface area contributed by atoms with Crippen LogP contribution in [0.25, 0.3) is 11.3 Å². The van der Waals surface area contributed by atoms with Crippen molar-refractivity contribution >= 4 is 15.9 Å². The number of sulfonamides is 1. The molecule has 1 aliphatic rings. The maximum atomic E-state index is 14.6. The first kappa shape index (κ1) is 29.0. The molecule has 0 aliphatic carbocycles. The number of hydrogen-bond acceptors (Lipinski definition) is 6. The van der Waals surface area contributed by atoms with E-state index in [2.05, 4.69) is 15.3 Å². The molecule has 210 valence electrons. The van der Waals surface area contributed by atoms with Crippen molar-refractivity contribution in [2.45, 2.75) is 49.2 Å². The molecule has 3 atom stereocenters. The molecule has 1 fully saturated rings. The minimum absolute atomic E-state index is 0.0291. The Morgan fingerprint density at radius 2 is 1.82 bits per heavy atom. The molecule has 1 saturated heterocycles. The van der Waals surface area contributed by atoms with Gasteiger partial charge < -0.3 is 5.32 Å². The molecule has 3 heterocycles. The van der Waals surface area contributed by atoms with E-state index in [0.717, 1.165) is 48.8 Å². The lowest BCUT2D eigenvalue weighted by atomic mass is 10.1. The van der Waals surface area contributed by atoms with Crippen LogP contribution in [-0.4, -0.2) is 46.9 Å². The van der Waals surface area contributed by atoms with Gasteiger partial charge in [0.2, 0.25) is 15.9 Å². The maximum absolute atomic E-state index is 14.6. The molecule has 1 aromatic carbocycles. The van der Waals surface area contributed by atoms with Crippen molar-refractivity contribution in [3.63, 3.8) is 0 Å². The van der Waals surface area contributed by atoms with Crippen LogP contribution < -0.4 is 5.32 Å². The lowest BCUT2D eigenvalue weighted by Gasteiger charge is -2.27. The Labute approximate surface area is 224 Å². The molecular weight excluding hydrogens is 564 g/mol. The summed E-state index contributed by atoms with van der Waals surface area (Å²) < 4.78 is 109. The summed E-state index contributed by atoms with van der Waals surface area (Å²) in [6.45, 7) is 0.771. The first-order chi connectivity index (χ1) is 18.7. The van der Waals surface area contributed by atoms with Gasteiger partial charge in [0.15, 0.2) is 5.69 Å². The van der Waals surface area contributed by atoms with Gasteiger partial charge in [0.25, 0.3) is 0 Å². The Kier molecular flexibility index (Phi) is 7.86. The number of nitrogens with zero attached hydrogens (tertiary/aromatic N) is 4. The monoisotopic (exact) mass is 583 g/mol. The smallest absolute Gasteiger partial charge is 0.351 e. The predicted molar refractivity (Wildman–Crippen MR) is 127 cm³/mol. The molecular formula is C25H19F6N5O3S. The van der Waals surface area contributed by atoms with Crippen molar-refractivity contribution in [3.05, 3.63) is 77.2 Å². The molecule has 4 rings (SSSR count). The fourth-order valence-electron chi connectivity index (χ4n) is 4.28. The number of nitrogens with one attached hydrogen (secondary N) is 1. The Bertz CT molecular complexity index is 1590. The van der Waals surface area contributed by atoms with Crippen molar-refractivity contribution in [2.24, 2.45) is 0 Å². The van der Waals surface area contributed by atoms with E-state index < -0.39 is 76.2 Å². The topological polar surface area (TPSA) is 116 Å². The molecule has 40 heavy (non-hydrogen) atoms. The van der Waals surface area contributed by atoms with E-state index in [1.807, 2.05) is 0 Å². The van der Waals surface area contributed by atoms with Crippen LogP contribution in [0.5, 0.6) is 0 Å². The van der Waals surface area contributed by atoms with Crippen molar-refractivity contribution in [1.29, 1.82) is 5.26 Å². The molecule has 0 radical (unpaired) electrons. The third-order valence-corrected chi connectivity index (χ3v) is 8.34. The largest absolute Gasteiger partial charge is 0.434 e. The molecule has 2 aromatic heterocycles. The van der Waals surface area contributed by atoms with E-state index in [0.29, 0.717) is 4.31 Å². The van der Waals surface area contributed by atoms with Gasteiger partial charge in [-0.2, -0.15) is 22.7 Å².